The fourth-order valence-corrected chi connectivity index (χ4v) is 4.10. The molecule has 1 aliphatic rings. The van der Waals surface area contributed by atoms with E-state index >= 15 is 0 Å². The van der Waals surface area contributed by atoms with Gasteiger partial charge in [-0.25, -0.2) is 12.8 Å². The first kappa shape index (κ1) is 19.4. The molecule has 2 aromatic rings. The second kappa shape index (κ2) is 8.14. The second-order valence-electron chi connectivity index (χ2n) is 6.27. The molecule has 0 saturated carbocycles. The number of nitrogens with one attached hydrogen (secondary N) is 1. The van der Waals surface area contributed by atoms with Crippen LogP contribution in [-0.2, 0) is 14.8 Å². The van der Waals surface area contributed by atoms with Crippen LogP contribution in [-0.4, -0.2) is 41.3 Å². The molecule has 0 aliphatic carbocycles. The Kier molecular flexibility index (Phi) is 5.86. The summed E-state index contributed by atoms with van der Waals surface area (Å²) in [4.78, 5) is 2.03. The first-order valence-corrected chi connectivity index (χ1v) is 10.2. The van der Waals surface area contributed by atoms with Crippen molar-refractivity contribution in [2.45, 2.75) is 24.3 Å². The molecule has 27 heavy (non-hydrogen) atoms. The Balaban J connectivity index is 1.71. The summed E-state index contributed by atoms with van der Waals surface area (Å²) in [5.74, 6) is -0.683. The first-order valence-electron chi connectivity index (χ1n) is 8.76. The topological polar surface area (TPSA) is 67.9 Å². The predicted molar refractivity (Wildman–Crippen MR) is 102 cm³/mol. The fourth-order valence-electron chi connectivity index (χ4n) is 3.03. The molecule has 1 N–H and O–H groups in total. The summed E-state index contributed by atoms with van der Waals surface area (Å²) in [5.41, 5.74) is 1.42. The quantitative estimate of drug-likeness (QED) is 0.781. The van der Waals surface area contributed by atoms with Crippen LogP contribution in [0.4, 0.5) is 15.8 Å². The molecule has 146 valence electrons. The summed E-state index contributed by atoms with van der Waals surface area (Å²) in [7, 11) is -2.19. The highest BCUT2D eigenvalue weighted by Crippen LogP contribution is 2.26. The van der Waals surface area contributed by atoms with Gasteiger partial charge in [0.15, 0.2) is 11.6 Å². The van der Waals surface area contributed by atoms with E-state index in [0.717, 1.165) is 31.3 Å². The van der Waals surface area contributed by atoms with Crippen LogP contribution in [0.15, 0.2) is 47.4 Å². The number of hydrogen-bond donors (Lipinski definition) is 1. The number of halogens is 1. The number of ether oxygens (including phenoxy) is 2. The van der Waals surface area contributed by atoms with Gasteiger partial charge in [-0.3, -0.25) is 4.72 Å². The molecule has 1 fully saturated rings. The monoisotopic (exact) mass is 394 g/mol. The van der Waals surface area contributed by atoms with E-state index in [0.29, 0.717) is 12.3 Å². The van der Waals surface area contributed by atoms with Gasteiger partial charge in [-0.05, 0) is 55.8 Å². The third kappa shape index (κ3) is 4.51. The molecule has 3 rings (SSSR count). The van der Waals surface area contributed by atoms with Gasteiger partial charge < -0.3 is 14.4 Å². The van der Waals surface area contributed by atoms with Crippen LogP contribution in [0.1, 0.15) is 13.3 Å². The van der Waals surface area contributed by atoms with Crippen LogP contribution in [0.5, 0.6) is 5.75 Å². The lowest BCUT2D eigenvalue weighted by Crippen LogP contribution is -2.22. The molecule has 2 aromatic carbocycles. The number of benzene rings is 2. The third-order valence-corrected chi connectivity index (χ3v) is 5.86. The number of sulfonamides is 1. The van der Waals surface area contributed by atoms with E-state index in [-0.39, 0.29) is 16.7 Å². The van der Waals surface area contributed by atoms with Crippen LogP contribution < -0.4 is 14.4 Å². The van der Waals surface area contributed by atoms with E-state index in [1.807, 2.05) is 12.1 Å². The summed E-state index contributed by atoms with van der Waals surface area (Å²) in [5, 5.41) is 0. The third-order valence-electron chi connectivity index (χ3n) is 4.48. The zero-order chi connectivity index (χ0) is 19.4. The molecule has 1 saturated heterocycles. The molecule has 0 bridgehead atoms. The van der Waals surface area contributed by atoms with Crippen LogP contribution in [0.25, 0.3) is 0 Å². The van der Waals surface area contributed by atoms with E-state index in [2.05, 4.69) is 9.62 Å². The Morgan fingerprint density at radius 2 is 1.96 bits per heavy atom. The van der Waals surface area contributed by atoms with Crippen LogP contribution >= 0.6 is 0 Å². The maximum Gasteiger partial charge on any atom is 0.262 e. The van der Waals surface area contributed by atoms with Crippen molar-refractivity contribution in [3.05, 3.63) is 48.3 Å². The molecular formula is C19H23FN2O4S. The highest BCUT2D eigenvalue weighted by molar-refractivity contribution is 7.92. The van der Waals surface area contributed by atoms with Crippen LogP contribution in [0.2, 0.25) is 0 Å². The van der Waals surface area contributed by atoms with Crippen LogP contribution in [0, 0.1) is 5.82 Å². The maximum atomic E-state index is 14.0. The summed E-state index contributed by atoms with van der Waals surface area (Å²) in [6, 6.07) is 10.7. The standard InChI is InChI=1S/C19H23FN2O4S/c1-3-26-19-9-8-17(12-18(19)20)27(23,24)21-14-4-6-15(7-5-14)22-11-10-16(13-22)25-2/h4-9,12,16,21H,3,10-11,13H2,1-2H3. The Morgan fingerprint density at radius 1 is 1.22 bits per heavy atom. The van der Waals surface area contributed by atoms with E-state index in [1.165, 1.54) is 12.1 Å². The van der Waals surface area contributed by atoms with Gasteiger partial charge in [0.25, 0.3) is 10.0 Å². The van der Waals surface area contributed by atoms with Gasteiger partial charge in [-0.1, -0.05) is 0 Å². The molecule has 1 unspecified atom stereocenters. The van der Waals surface area contributed by atoms with Crippen molar-refractivity contribution in [2.24, 2.45) is 0 Å². The van der Waals surface area contributed by atoms with Gasteiger partial charge in [-0.2, -0.15) is 0 Å². The maximum absolute atomic E-state index is 14.0. The number of hydrogen-bond acceptors (Lipinski definition) is 5. The molecule has 1 atom stereocenters. The molecule has 8 heteroatoms. The molecule has 0 spiro atoms. The molecule has 1 aliphatic heterocycles. The van der Waals surface area contributed by atoms with Crippen molar-refractivity contribution in [2.75, 3.05) is 36.4 Å². The Labute approximate surface area is 159 Å². The average molecular weight is 394 g/mol. The van der Waals surface area contributed by atoms with Gasteiger partial charge in [0.2, 0.25) is 0 Å². The first-order chi connectivity index (χ1) is 12.9. The summed E-state index contributed by atoms with van der Waals surface area (Å²) < 4.78 is 51.9. The van der Waals surface area contributed by atoms with E-state index < -0.39 is 15.8 Å². The molecule has 0 amide bonds. The predicted octanol–water partition coefficient (Wildman–Crippen LogP) is 3.25. The van der Waals surface area contributed by atoms with Gasteiger partial charge in [0.1, 0.15) is 0 Å². The summed E-state index contributed by atoms with van der Waals surface area (Å²) >= 11 is 0. The van der Waals surface area contributed by atoms with Gasteiger partial charge in [0, 0.05) is 31.6 Å². The van der Waals surface area contributed by atoms with E-state index in [9.17, 15) is 12.8 Å². The minimum atomic E-state index is -3.89. The molecule has 0 aromatic heterocycles. The molecular weight excluding hydrogens is 371 g/mol. The smallest absolute Gasteiger partial charge is 0.262 e. The highest BCUT2D eigenvalue weighted by Gasteiger charge is 2.22. The van der Waals surface area contributed by atoms with Crippen LogP contribution in [0.3, 0.4) is 0 Å². The summed E-state index contributed by atoms with van der Waals surface area (Å²) in [6.45, 7) is 3.74. The minimum Gasteiger partial charge on any atom is -0.491 e. The van der Waals surface area contributed by atoms with E-state index in [4.69, 9.17) is 9.47 Å². The van der Waals surface area contributed by atoms with Crippen molar-refractivity contribution in [1.82, 2.24) is 0 Å². The Morgan fingerprint density at radius 3 is 2.56 bits per heavy atom. The number of rotatable bonds is 7. The average Bonchev–Trinajstić information content (AvgIpc) is 3.13. The lowest BCUT2D eigenvalue weighted by molar-refractivity contribution is 0.121. The summed E-state index contributed by atoms with van der Waals surface area (Å²) in [6.07, 6.45) is 1.19. The van der Waals surface area contributed by atoms with E-state index in [1.54, 1.807) is 26.2 Å². The van der Waals surface area contributed by atoms with Crippen molar-refractivity contribution >= 4 is 21.4 Å². The number of anilines is 2. The zero-order valence-electron chi connectivity index (χ0n) is 15.3. The minimum absolute atomic E-state index is 0.0285. The molecule has 0 radical (unpaired) electrons. The van der Waals surface area contributed by atoms with Crippen molar-refractivity contribution < 1.29 is 22.3 Å². The normalized spacial score (nSPS) is 17.1. The number of nitrogens with zero attached hydrogens (tertiary/aromatic N) is 1. The molecule has 6 nitrogen and oxygen atoms in total. The highest BCUT2D eigenvalue weighted by atomic mass is 32.2. The number of methoxy groups -OCH3 is 1. The van der Waals surface area contributed by atoms with Gasteiger partial charge in [0.05, 0.1) is 17.6 Å². The van der Waals surface area contributed by atoms with Gasteiger partial charge in [-0.15, -0.1) is 0 Å². The Bertz CT molecular complexity index is 887. The van der Waals surface area contributed by atoms with Crippen molar-refractivity contribution in [3.8, 4) is 5.75 Å². The van der Waals surface area contributed by atoms with Crippen molar-refractivity contribution in [1.29, 1.82) is 0 Å². The lowest BCUT2D eigenvalue weighted by atomic mass is 10.2. The van der Waals surface area contributed by atoms with Gasteiger partial charge >= 0.3 is 0 Å². The zero-order valence-corrected chi connectivity index (χ0v) is 16.1. The second-order valence-corrected chi connectivity index (χ2v) is 7.95. The lowest BCUT2D eigenvalue weighted by Gasteiger charge is -2.19. The Hall–Kier alpha value is -2.32. The van der Waals surface area contributed by atoms with Crippen molar-refractivity contribution in [3.63, 3.8) is 0 Å². The largest absolute Gasteiger partial charge is 0.491 e. The fraction of sp³-hybridized carbons (Fsp3) is 0.368. The molecule has 1 heterocycles. The SMILES string of the molecule is CCOc1ccc(S(=O)(=O)Nc2ccc(N3CCC(OC)C3)cc2)cc1F.